The van der Waals surface area contributed by atoms with Crippen molar-refractivity contribution < 1.29 is 37.4 Å². The molecule has 288 valence electrons. The molecule has 0 saturated heterocycles. The van der Waals surface area contributed by atoms with Gasteiger partial charge in [0.1, 0.15) is 24.5 Å². The predicted molar refractivity (Wildman–Crippen MR) is 205 cm³/mol. The van der Waals surface area contributed by atoms with Crippen molar-refractivity contribution in [2.24, 2.45) is 5.92 Å². The van der Waals surface area contributed by atoms with E-state index in [9.17, 15) is 27.9 Å². The fourth-order valence-corrected chi connectivity index (χ4v) is 7.13. The number of anilines is 1. The summed E-state index contributed by atoms with van der Waals surface area (Å²) in [6, 6.07) is 20.2. The number of amides is 3. The summed E-state index contributed by atoms with van der Waals surface area (Å²) in [7, 11) is -0.875. The van der Waals surface area contributed by atoms with Gasteiger partial charge in [-0.3, -0.25) is 18.7 Å². The average Bonchev–Trinajstić information content (AvgIpc) is 3.14. The molecule has 12 nitrogen and oxygen atoms in total. The number of aliphatic hydroxyl groups excluding tert-OH is 1. The molecule has 1 heterocycles. The largest absolute Gasteiger partial charge is 0.491 e. The Bertz CT molecular complexity index is 1800. The Morgan fingerprint density at radius 3 is 2.32 bits per heavy atom. The van der Waals surface area contributed by atoms with Crippen molar-refractivity contribution in [3.05, 3.63) is 95.1 Å². The van der Waals surface area contributed by atoms with Crippen molar-refractivity contribution in [2.75, 3.05) is 25.1 Å². The molecule has 0 aliphatic carbocycles. The van der Waals surface area contributed by atoms with Gasteiger partial charge in [-0.15, -0.1) is 0 Å². The van der Waals surface area contributed by atoms with Crippen LogP contribution in [0.5, 0.6) is 5.75 Å². The number of nitrogens with zero attached hydrogens (tertiary/aromatic N) is 1. The molecular weight excluding hydrogens is 697 g/mol. The van der Waals surface area contributed by atoms with E-state index in [1.807, 2.05) is 62.4 Å². The van der Waals surface area contributed by atoms with Gasteiger partial charge in [0.15, 0.2) is 0 Å². The molecule has 4 atom stereocenters. The number of nitrogens with one attached hydrogen (secondary N) is 3. The number of ether oxygens (including phenoxy) is 2. The smallest absolute Gasteiger partial charge is 0.251 e. The summed E-state index contributed by atoms with van der Waals surface area (Å²) in [4.78, 5) is 40.6. The first-order valence-corrected chi connectivity index (χ1v) is 19.7. The molecular formula is C40H54N4O8S. The molecule has 53 heavy (non-hydrogen) atoms. The van der Waals surface area contributed by atoms with E-state index in [1.54, 1.807) is 32.0 Å². The number of hydrogen-bond donors (Lipinski definition) is 4. The molecule has 0 aromatic heterocycles. The zero-order valence-corrected chi connectivity index (χ0v) is 32.3. The maximum absolute atomic E-state index is 13.9. The minimum absolute atomic E-state index is 0.140. The predicted octanol–water partition coefficient (Wildman–Crippen LogP) is 4.14. The van der Waals surface area contributed by atoms with Crippen LogP contribution in [-0.4, -0.2) is 81.6 Å². The fourth-order valence-electron chi connectivity index (χ4n) is 6.10. The van der Waals surface area contributed by atoms with E-state index in [-0.39, 0.29) is 30.4 Å². The van der Waals surface area contributed by atoms with E-state index in [0.717, 1.165) is 36.0 Å². The average molecular weight is 751 g/mol. The van der Waals surface area contributed by atoms with Crippen LogP contribution >= 0.6 is 0 Å². The first-order valence-electron chi connectivity index (χ1n) is 18.2. The molecule has 13 heteroatoms. The summed E-state index contributed by atoms with van der Waals surface area (Å²) in [5.41, 5.74) is 3.36. The number of methoxy groups -OCH3 is 1. The molecule has 0 saturated carbocycles. The molecule has 4 bridgehead atoms. The second kappa shape index (κ2) is 19.0. The number of rotatable bonds is 13. The van der Waals surface area contributed by atoms with Crippen LogP contribution in [0.3, 0.4) is 0 Å². The molecule has 1 aliphatic heterocycles. The van der Waals surface area contributed by atoms with Crippen LogP contribution < -0.4 is 25.0 Å². The number of aryl methyl sites for hydroxylation is 2. The number of hydrogen-bond acceptors (Lipinski definition) is 8. The van der Waals surface area contributed by atoms with Gasteiger partial charge >= 0.3 is 0 Å². The lowest BCUT2D eigenvalue weighted by Gasteiger charge is -2.29. The van der Waals surface area contributed by atoms with Crippen LogP contribution in [-0.2, 0) is 43.7 Å². The first kappa shape index (κ1) is 41.3. The van der Waals surface area contributed by atoms with E-state index >= 15 is 0 Å². The second-order valence-electron chi connectivity index (χ2n) is 14.2. The van der Waals surface area contributed by atoms with E-state index < -0.39 is 51.4 Å². The van der Waals surface area contributed by atoms with Gasteiger partial charge in [-0.05, 0) is 92.5 Å². The van der Waals surface area contributed by atoms with Crippen molar-refractivity contribution in [3.8, 4) is 5.75 Å². The van der Waals surface area contributed by atoms with Crippen LogP contribution in [0.15, 0.2) is 72.8 Å². The zero-order chi connectivity index (χ0) is 38.7. The third kappa shape index (κ3) is 11.5. The molecule has 3 amide bonds. The summed E-state index contributed by atoms with van der Waals surface area (Å²) in [6.07, 6.45) is 0.361. The van der Waals surface area contributed by atoms with Gasteiger partial charge < -0.3 is 30.5 Å². The molecule has 3 aromatic rings. The van der Waals surface area contributed by atoms with E-state index in [4.69, 9.17) is 9.47 Å². The lowest BCUT2D eigenvalue weighted by Crippen LogP contribution is -2.54. The first-order chi connectivity index (χ1) is 25.2. The van der Waals surface area contributed by atoms with Crippen molar-refractivity contribution in [2.45, 2.75) is 95.9 Å². The normalized spacial score (nSPS) is 17.0. The van der Waals surface area contributed by atoms with E-state index in [2.05, 4.69) is 16.0 Å². The van der Waals surface area contributed by atoms with Gasteiger partial charge in [0.2, 0.25) is 21.8 Å². The molecule has 1 aliphatic rings. The topological polar surface area (TPSA) is 163 Å². The maximum atomic E-state index is 13.9. The summed E-state index contributed by atoms with van der Waals surface area (Å²) >= 11 is 0. The third-order valence-electron chi connectivity index (χ3n) is 9.46. The number of carbonyl (C=O) groups excluding carboxylic acids is 3. The van der Waals surface area contributed by atoms with Gasteiger partial charge in [-0.25, -0.2) is 8.42 Å². The molecule has 0 spiro atoms. The van der Waals surface area contributed by atoms with Gasteiger partial charge in [0.25, 0.3) is 5.91 Å². The SMILES string of the molecule is CO[C@H](C[C@H](O)[C@@H]1COc2cccc(c2)CCCCc2cc(cc(N(C)S(=O)(=O)C(C)C)c2)C(=O)N1)C(=O)NC(C(=O)NCc1ccccc1)C(C)C. The highest BCUT2D eigenvalue weighted by Gasteiger charge is 2.33. The third-order valence-corrected chi connectivity index (χ3v) is 11.6. The van der Waals surface area contributed by atoms with Crippen molar-refractivity contribution in [1.82, 2.24) is 16.0 Å². The number of benzene rings is 3. The Morgan fingerprint density at radius 2 is 1.66 bits per heavy atom. The van der Waals surface area contributed by atoms with Crippen LogP contribution in [0.25, 0.3) is 0 Å². The Morgan fingerprint density at radius 1 is 0.962 bits per heavy atom. The Kier molecular flexibility index (Phi) is 14.8. The minimum atomic E-state index is -3.68. The summed E-state index contributed by atoms with van der Waals surface area (Å²) in [5.74, 6) is -1.18. The summed E-state index contributed by atoms with van der Waals surface area (Å²) < 4.78 is 39.0. The Hall–Kier alpha value is -4.46. The quantitative estimate of drug-likeness (QED) is 0.203. The molecule has 4 rings (SSSR count). The molecule has 1 unspecified atom stereocenters. The maximum Gasteiger partial charge on any atom is 0.251 e. The fraction of sp³-hybridized carbons (Fsp3) is 0.475. The number of sulfonamides is 1. The van der Waals surface area contributed by atoms with Crippen molar-refractivity contribution >= 4 is 33.4 Å². The van der Waals surface area contributed by atoms with Crippen LogP contribution in [0.4, 0.5) is 5.69 Å². The van der Waals surface area contributed by atoms with Crippen molar-refractivity contribution in [3.63, 3.8) is 0 Å². The van der Waals surface area contributed by atoms with Gasteiger partial charge in [-0.2, -0.15) is 0 Å². The standard InChI is InChI=1S/C40H54N4O8S/c1-26(2)37(40(48)41-24-29-14-8-7-9-15-29)43-39(47)36(51-6)23-35(45)34-25-52-33-18-12-17-28(21-33)13-10-11-16-30-19-31(38(46)42-34)22-32(20-30)44(5)53(49,50)27(3)4/h7-9,12,14-15,17-22,26-27,34-37,45H,10-11,13,16,23-25H2,1-6H3,(H,41,48)(H,42,46)(H,43,47)/t34-,35-,36+,37?/m0/s1. The second-order valence-corrected chi connectivity index (χ2v) is 16.7. The zero-order valence-electron chi connectivity index (χ0n) is 31.5. The van der Waals surface area contributed by atoms with Crippen LogP contribution in [0, 0.1) is 5.92 Å². The molecule has 0 radical (unpaired) electrons. The monoisotopic (exact) mass is 750 g/mol. The number of fused-ring (bicyclic) bond motifs is 4. The number of carbonyl (C=O) groups is 3. The molecule has 0 fully saturated rings. The summed E-state index contributed by atoms with van der Waals surface area (Å²) in [5, 5.41) is 19.4. The minimum Gasteiger partial charge on any atom is -0.491 e. The lowest BCUT2D eigenvalue weighted by atomic mass is 10.00. The summed E-state index contributed by atoms with van der Waals surface area (Å²) in [6.45, 7) is 6.99. The number of aliphatic hydroxyl groups is 1. The highest BCUT2D eigenvalue weighted by Crippen LogP contribution is 2.25. The van der Waals surface area contributed by atoms with Crippen LogP contribution in [0.1, 0.15) is 74.0 Å². The van der Waals surface area contributed by atoms with Gasteiger partial charge in [0, 0.05) is 32.7 Å². The highest BCUT2D eigenvalue weighted by molar-refractivity contribution is 7.93. The van der Waals surface area contributed by atoms with E-state index in [1.165, 1.54) is 24.5 Å². The molecule has 3 aromatic carbocycles. The Balaban J connectivity index is 1.57. The molecule has 4 N–H and O–H groups in total. The van der Waals surface area contributed by atoms with Gasteiger partial charge in [-0.1, -0.05) is 56.3 Å². The van der Waals surface area contributed by atoms with Gasteiger partial charge in [0.05, 0.1) is 23.1 Å². The highest BCUT2D eigenvalue weighted by atomic mass is 32.2. The Labute approximate surface area is 313 Å². The van der Waals surface area contributed by atoms with Crippen LogP contribution in [0.2, 0.25) is 0 Å². The van der Waals surface area contributed by atoms with Crippen molar-refractivity contribution in [1.29, 1.82) is 0 Å². The lowest BCUT2D eigenvalue weighted by molar-refractivity contribution is -0.137. The van der Waals surface area contributed by atoms with E-state index in [0.29, 0.717) is 24.4 Å².